The van der Waals surface area contributed by atoms with Crippen molar-refractivity contribution < 1.29 is 0 Å². The van der Waals surface area contributed by atoms with Crippen molar-refractivity contribution in [1.29, 1.82) is 0 Å². The molecular weight excluding hydrogens is 254 g/mol. The van der Waals surface area contributed by atoms with Crippen molar-refractivity contribution in [3.05, 3.63) is 41.6 Å². The molecule has 0 fully saturated rings. The number of anilines is 2. The minimum atomic E-state index is 0.675. The summed E-state index contributed by atoms with van der Waals surface area (Å²) in [6.07, 6.45) is 1.73. The van der Waals surface area contributed by atoms with E-state index < -0.39 is 0 Å². The number of pyridine rings is 1. The van der Waals surface area contributed by atoms with E-state index in [2.05, 4.69) is 10.3 Å². The first kappa shape index (κ1) is 12.1. The number of rotatable bonds is 3. The molecule has 2 aromatic rings. The molecule has 0 aliphatic carbocycles. The van der Waals surface area contributed by atoms with Crippen molar-refractivity contribution in [3.63, 3.8) is 0 Å². The lowest BCUT2D eigenvalue weighted by Crippen LogP contribution is -1.93. The predicted molar refractivity (Wildman–Crippen MR) is 73.8 cm³/mol. The second-order valence-electron chi connectivity index (χ2n) is 3.39. The molecule has 0 saturated heterocycles. The van der Waals surface area contributed by atoms with Crippen LogP contribution in [0.25, 0.3) is 0 Å². The first-order valence-electron chi connectivity index (χ1n) is 5.06. The van der Waals surface area contributed by atoms with Crippen LogP contribution >= 0.6 is 23.4 Å². The van der Waals surface area contributed by atoms with Crippen molar-refractivity contribution in [3.8, 4) is 0 Å². The van der Waals surface area contributed by atoms with Crippen molar-refractivity contribution in [1.82, 2.24) is 4.98 Å². The molecule has 1 heterocycles. The zero-order valence-corrected chi connectivity index (χ0v) is 10.8. The third-order valence-electron chi connectivity index (χ3n) is 2.22. The number of nitrogens with two attached hydrogens (primary N) is 1. The number of hydrogen-bond acceptors (Lipinski definition) is 4. The summed E-state index contributed by atoms with van der Waals surface area (Å²) in [5.41, 5.74) is 7.50. The normalized spacial score (nSPS) is 10.2. The molecule has 0 spiro atoms. The molecule has 5 heteroatoms. The number of nitrogens with one attached hydrogen (secondary N) is 1. The highest BCUT2D eigenvalue weighted by Crippen LogP contribution is 2.36. The summed E-state index contributed by atoms with van der Waals surface area (Å²) in [6.45, 7) is 0. The van der Waals surface area contributed by atoms with E-state index in [4.69, 9.17) is 17.3 Å². The molecule has 3 nitrogen and oxygen atoms in total. The van der Waals surface area contributed by atoms with Gasteiger partial charge in [0.05, 0.1) is 5.69 Å². The SMILES string of the molecule is CNc1cc(Cl)ccc1Sc1ncccc1N. The third-order valence-corrected chi connectivity index (χ3v) is 3.56. The van der Waals surface area contributed by atoms with Crippen LogP contribution in [0.2, 0.25) is 5.02 Å². The Hall–Kier alpha value is -1.39. The molecule has 1 aromatic carbocycles. The molecule has 0 atom stereocenters. The number of halogens is 1. The summed E-state index contributed by atoms with van der Waals surface area (Å²) in [4.78, 5) is 5.29. The van der Waals surface area contributed by atoms with Gasteiger partial charge in [0.25, 0.3) is 0 Å². The number of benzene rings is 1. The molecule has 88 valence electrons. The van der Waals surface area contributed by atoms with Gasteiger partial charge in [0.15, 0.2) is 0 Å². The predicted octanol–water partition coefficient (Wildman–Crippen LogP) is 3.51. The molecular formula is C12H12ClN3S. The topological polar surface area (TPSA) is 50.9 Å². The van der Waals surface area contributed by atoms with Crippen LogP contribution in [0, 0.1) is 0 Å². The van der Waals surface area contributed by atoms with Gasteiger partial charge < -0.3 is 11.1 Å². The zero-order chi connectivity index (χ0) is 12.3. The van der Waals surface area contributed by atoms with Gasteiger partial charge in [-0.2, -0.15) is 0 Å². The maximum Gasteiger partial charge on any atom is 0.124 e. The van der Waals surface area contributed by atoms with E-state index in [1.54, 1.807) is 6.20 Å². The molecule has 0 bridgehead atoms. The number of hydrogen-bond donors (Lipinski definition) is 2. The van der Waals surface area contributed by atoms with Gasteiger partial charge in [-0.15, -0.1) is 0 Å². The van der Waals surface area contributed by atoms with Gasteiger partial charge in [0, 0.05) is 28.9 Å². The number of nitrogen functional groups attached to an aromatic ring is 1. The summed E-state index contributed by atoms with van der Waals surface area (Å²) in [6, 6.07) is 9.34. The van der Waals surface area contributed by atoms with E-state index in [9.17, 15) is 0 Å². The number of nitrogens with zero attached hydrogens (tertiary/aromatic N) is 1. The Kier molecular flexibility index (Phi) is 3.76. The highest BCUT2D eigenvalue weighted by atomic mass is 35.5. The van der Waals surface area contributed by atoms with Gasteiger partial charge in [0.1, 0.15) is 5.03 Å². The largest absolute Gasteiger partial charge is 0.397 e. The quantitative estimate of drug-likeness (QED) is 0.892. The Labute approximate surface area is 109 Å². The van der Waals surface area contributed by atoms with Gasteiger partial charge >= 0.3 is 0 Å². The highest BCUT2D eigenvalue weighted by molar-refractivity contribution is 7.99. The van der Waals surface area contributed by atoms with Crippen LogP contribution in [0.15, 0.2) is 46.5 Å². The molecule has 2 rings (SSSR count). The molecule has 0 amide bonds. The van der Waals surface area contributed by atoms with Crippen molar-refractivity contribution in [2.45, 2.75) is 9.92 Å². The Balaban J connectivity index is 2.33. The minimum Gasteiger partial charge on any atom is -0.397 e. The fourth-order valence-electron chi connectivity index (χ4n) is 1.38. The zero-order valence-electron chi connectivity index (χ0n) is 9.27. The van der Waals surface area contributed by atoms with E-state index in [-0.39, 0.29) is 0 Å². The summed E-state index contributed by atoms with van der Waals surface area (Å²) in [5, 5.41) is 4.60. The summed E-state index contributed by atoms with van der Waals surface area (Å²) >= 11 is 7.46. The lowest BCUT2D eigenvalue weighted by Gasteiger charge is -2.09. The van der Waals surface area contributed by atoms with E-state index in [0.29, 0.717) is 10.7 Å². The molecule has 0 radical (unpaired) electrons. The Bertz CT molecular complexity index is 531. The van der Waals surface area contributed by atoms with Crippen molar-refractivity contribution >= 4 is 34.7 Å². The second-order valence-corrected chi connectivity index (χ2v) is 4.86. The van der Waals surface area contributed by atoms with Crippen LogP contribution in [0.4, 0.5) is 11.4 Å². The molecule has 17 heavy (non-hydrogen) atoms. The van der Waals surface area contributed by atoms with Crippen LogP contribution in [0.5, 0.6) is 0 Å². The third kappa shape index (κ3) is 2.84. The Morgan fingerprint density at radius 2 is 2.18 bits per heavy atom. The van der Waals surface area contributed by atoms with Crippen molar-refractivity contribution in [2.24, 2.45) is 0 Å². The molecule has 0 aliphatic rings. The van der Waals surface area contributed by atoms with Crippen LogP contribution in [-0.4, -0.2) is 12.0 Å². The molecule has 0 unspecified atom stereocenters. The van der Waals surface area contributed by atoms with Gasteiger partial charge in [-0.05, 0) is 30.3 Å². The van der Waals surface area contributed by atoms with Gasteiger partial charge in [-0.3, -0.25) is 0 Å². The summed E-state index contributed by atoms with van der Waals surface area (Å²) in [7, 11) is 1.86. The summed E-state index contributed by atoms with van der Waals surface area (Å²) in [5.74, 6) is 0. The molecule has 0 aliphatic heterocycles. The van der Waals surface area contributed by atoms with Gasteiger partial charge in [0.2, 0.25) is 0 Å². The van der Waals surface area contributed by atoms with Crippen LogP contribution in [0.1, 0.15) is 0 Å². The standard InChI is InChI=1S/C12H12ClN3S/c1-15-10-7-8(13)4-5-11(10)17-12-9(14)3-2-6-16-12/h2-7,15H,14H2,1H3. The first-order chi connectivity index (χ1) is 8.20. The molecule has 3 N–H and O–H groups in total. The number of aromatic nitrogens is 1. The lowest BCUT2D eigenvalue weighted by molar-refractivity contribution is 1.14. The van der Waals surface area contributed by atoms with Crippen LogP contribution < -0.4 is 11.1 Å². The van der Waals surface area contributed by atoms with Crippen molar-refractivity contribution in [2.75, 3.05) is 18.1 Å². The first-order valence-corrected chi connectivity index (χ1v) is 6.26. The average molecular weight is 266 g/mol. The lowest BCUT2D eigenvalue weighted by atomic mass is 10.3. The molecule has 0 saturated carbocycles. The highest BCUT2D eigenvalue weighted by Gasteiger charge is 2.07. The maximum atomic E-state index is 5.94. The van der Waals surface area contributed by atoms with Gasteiger partial charge in [-0.25, -0.2) is 4.98 Å². The smallest absolute Gasteiger partial charge is 0.124 e. The molecule has 1 aromatic heterocycles. The maximum absolute atomic E-state index is 5.94. The fourth-order valence-corrected chi connectivity index (χ4v) is 2.47. The van der Waals surface area contributed by atoms with Crippen LogP contribution in [-0.2, 0) is 0 Å². The average Bonchev–Trinajstić information content (AvgIpc) is 2.34. The summed E-state index contributed by atoms with van der Waals surface area (Å²) < 4.78 is 0. The van der Waals surface area contributed by atoms with E-state index in [0.717, 1.165) is 15.6 Å². The van der Waals surface area contributed by atoms with Crippen LogP contribution in [0.3, 0.4) is 0 Å². The minimum absolute atomic E-state index is 0.675. The van der Waals surface area contributed by atoms with Gasteiger partial charge in [-0.1, -0.05) is 23.4 Å². The van der Waals surface area contributed by atoms with E-state index >= 15 is 0 Å². The van der Waals surface area contributed by atoms with E-state index in [1.165, 1.54) is 11.8 Å². The monoisotopic (exact) mass is 265 g/mol. The van der Waals surface area contributed by atoms with E-state index in [1.807, 2.05) is 37.4 Å². The Morgan fingerprint density at radius 3 is 2.88 bits per heavy atom. The fraction of sp³-hybridized carbons (Fsp3) is 0.0833. The second kappa shape index (κ2) is 5.29. The Morgan fingerprint density at radius 1 is 1.35 bits per heavy atom.